The number of nitrogens with zero attached hydrogens (tertiary/aromatic N) is 1. The molecular formula is C23H21N3O7. The average Bonchev–Trinajstić information content (AvgIpc) is 2.76. The zero-order valence-corrected chi connectivity index (χ0v) is 17.8. The number of allylic oxidation sites excluding steroid dienone is 1. The minimum Gasteiger partial charge on any atom is -0.490 e. The molecule has 1 heterocycles. The summed E-state index contributed by atoms with van der Waals surface area (Å²) in [5, 5.41) is 14.9. The first kappa shape index (κ1) is 23.2. The fraction of sp³-hybridized carbons (Fsp3) is 0.174. The Bertz CT molecular complexity index is 1130. The van der Waals surface area contributed by atoms with Gasteiger partial charge in [0.1, 0.15) is 12.2 Å². The number of amides is 4. The van der Waals surface area contributed by atoms with Crippen LogP contribution in [-0.2, 0) is 22.6 Å². The van der Waals surface area contributed by atoms with Crippen LogP contribution in [-0.4, -0.2) is 29.4 Å². The highest BCUT2D eigenvalue weighted by molar-refractivity contribution is 6.31. The number of hydrogen-bond acceptors (Lipinski definition) is 7. The van der Waals surface area contributed by atoms with Crippen LogP contribution in [0.5, 0.6) is 11.5 Å². The molecule has 10 heteroatoms. The van der Waals surface area contributed by atoms with Crippen LogP contribution in [0.2, 0.25) is 0 Å². The Morgan fingerprint density at radius 2 is 1.73 bits per heavy atom. The van der Waals surface area contributed by atoms with Gasteiger partial charge in [-0.05, 0) is 54.8 Å². The molecule has 2 aromatic rings. The lowest BCUT2D eigenvalue weighted by molar-refractivity contribution is -0.384. The van der Waals surface area contributed by atoms with Crippen LogP contribution in [0.3, 0.4) is 0 Å². The lowest BCUT2D eigenvalue weighted by Crippen LogP contribution is -2.51. The lowest BCUT2D eigenvalue weighted by atomic mass is 10.0. The van der Waals surface area contributed by atoms with E-state index in [0.717, 1.165) is 5.56 Å². The van der Waals surface area contributed by atoms with Crippen LogP contribution >= 0.6 is 0 Å². The van der Waals surface area contributed by atoms with Crippen molar-refractivity contribution < 1.29 is 28.8 Å². The summed E-state index contributed by atoms with van der Waals surface area (Å²) in [5.41, 5.74) is 1.67. The summed E-state index contributed by atoms with van der Waals surface area (Å²) in [6.45, 7) is 6.02. The summed E-state index contributed by atoms with van der Waals surface area (Å²) in [5.74, 6) is -0.765. The Labute approximate surface area is 189 Å². The maximum atomic E-state index is 12.1. The van der Waals surface area contributed by atoms with E-state index in [0.29, 0.717) is 35.7 Å². The van der Waals surface area contributed by atoms with Crippen molar-refractivity contribution in [1.82, 2.24) is 10.6 Å². The van der Waals surface area contributed by atoms with E-state index < -0.39 is 22.8 Å². The van der Waals surface area contributed by atoms with Crippen LogP contribution < -0.4 is 20.1 Å². The number of urea groups is 1. The van der Waals surface area contributed by atoms with Crippen molar-refractivity contribution in [2.24, 2.45) is 0 Å². The number of nitro benzene ring substituents is 1. The molecule has 1 aliphatic rings. The SMILES string of the molecule is C=CCc1cc(C=C2C(=O)NC(=O)NC2=O)cc(OCC)c1OCc1ccc([N+](=O)[O-])cc1. The molecular weight excluding hydrogens is 430 g/mol. The number of barbiturate groups is 1. The van der Waals surface area contributed by atoms with Crippen LogP contribution in [0, 0.1) is 10.1 Å². The largest absolute Gasteiger partial charge is 0.490 e. The number of rotatable bonds is 9. The molecule has 170 valence electrons. The monoisotopic (exact) mass is 451 g/mol. The minimum atomic E-state index is -0.875. The average molecular weight is 451 g/mol. The van der Waals surface area contributed by atoms with Gasteiger partial charge in [-0.1, -0.05) is 6.08 Å². The van der Waals surface area contributed by atoms with Crippen molar-refractivity contribution in [2.45, 2.75) is 20.0 Å². The van der Waals surface area contributed by atoms with Gasteiger partial charge in [-0.15, -0.1) is 6.58 Å². The lowest BCUT2D eigenvalue weighted by Gasteiger charge is -2.18. The second-order valence-electron chi connectivity index (χ2n) is 6.94. The van der Waals surface area contributed by atoms with Gasteiger partial charge in [0.25, 0.3) is 17.5 Å². The number of ether oxygens (including phenoxy) is 2. The van der Waals surface area contributed by atoms with E-state index in [1.165, 1.54) is 18.2 Å². The predicted molar refractivity (Wildman–Crippen MR) is 119 cm³/mol. The molecule has 4 amide bonds. The number of nitro groups is 1. The summed E-state index contributed by atoms with van der Waals surface area (Å²) >= 11 is 0. The molecule has 0 bridgehead atoms. The summed E-state index contributed by atoms with van der Waals surface area (Å²) < 4.78 is 11.7. The molecule has 0 aromatic heterocycles. The first-order chi connectivity index (χ1) is 15.8. The fourth-order valence-electron chi connectivity index (χ4n) is 3.14. The Morgan fingerprint density at radius 3 is 2.30 bits per heavy atom. The molecule has 0 spiro atoms. The molecule has 0 aliphatic carbocycles. The van der Waals surface area contributed by atoms with Gasteiger partial charge in [0.05, 0.1) is 11.5 Å². The van der Waals surface area contributed by atoms with Crippen molar-refractivity contribution in [3.8, 4) is 11.5 Å². The van der Waals surface area contributed by atoms with Gasteiger partial charge in [-0.3, -0.25) is 30.3 Å². The smallest absolute Gasteiger partial charge is 0.328 e. The van der Waals surface area contributed by atoms with Gasteiger partial charge in [-0.2, -0.15) is 0 Å². The molecule has 33 heavy (non-hydrogen) atoms. The van der Waals surface area contributed by atoms with Crippen molar-refractivity contribution in [1.29, 1.82) is 0 Å². The molecule has 1 aliphatic heterocycles. The van der Waals surface area contributed by atoms with Gasteiger partial charge in [0.15, 0.2) is 11.5 Å². The molecule has 2 N–H and O–H groups in total. The summed E-state index contributed by atoms with van der Waals surface area (Å²) in [6.07, 6.45) is 3.43. The first-order valence-electron chi connectivity index (χ1n) is 9.97. The Balaban J connectivity index is 1.94. The highest BCUT2D eigenvalue weighted by Crippen LogP contribution is 2.35. The van der Waals surface area contributed by atoms with Crippen LogP contribution in [0.4, 0.5) is 10.5 Å². The van der Waals surface area contributed by atoms with Crippen molar-refractivity contribution in [3.05, 3.63) is 81.4 Å². The Kier molecular flexibility index (Phi) is 7.19. The number of non-ortho nitro benzene ring substituents is 1. The van der Waals surface area contributed by atoms with Crippen molar-refractivity contribution in [2.75, 3.05) is 6.61 Å². The van der Waals surface area contributed by atoms with E-state index in [-0.39, 0.29) is 17.9 Å². The molecule has 2 aromatic carbocycles. The quantitative estimate of drug-likeness (QED) is 0.197. The summed E-state index contributed by atoms with van der Waals surface area (Å²) in [6, 6.07) is 8.46. The third kappa shape index (κ3) is 5.62. The summed E-state index contributed by atoms with van der Waals surface area (Å²) in [4.78, 5) is 45.7. The number of nitrogens with one attached hydrogen (secondary N) is 2. The number of benzene rings is 2. The third-order valence-electron chi connectivity index (χ3n) is 4.60. The standard InChI is InChI=1S/C23H21N3O7/c1-3-5-16-10-15(11-18-21(27)24-23(29)25-22(18)28)12-19(32-4-2)20(16)33-13-14-6-8-17(9-7-14)26(30)31/h3,6-12H,1,4-5,13H2,2H3,(H2,24,25,27,28,29). The fourth-order valence-corrected chi connectivity index (χ4v) is 3.14. The zero-order chi connectivity index (χ0) is 24.0. The van der Waals surface area contributed by atoms with E-state index in [9.17, 15) is 24.5 Å². The van der Waals surface area contributed by atoms with Gasteiger partial charge in [-0.25, -0.2) is 4.79 Å². The maximum Gasteiger partial charge on any atom is 0.328 e. The molecule has 3 rings (SSSR count). The molecule has 0 atom stereocenters. The van der Waals surface area contributed by atoms with E-state index >= 15 is 0 Å². The summed E-state index contributed by atoms with van der Waals surface area (Å²) in [7, 11) is 0. The van der Waals surface area contributed by atoms with Crippen LogP contribution in [0.15, 0.2) is 54.6 Å². The predicted octanol–water partition coefficient (Wildman–Crippen LogP) is 3.05. The minimum absolute atomic E-state index is 0.0176. The Morgan fingerprint density at radius 1 is 1.06 bits per heavy atom. The van der Waals surface area contributed by atoms with E-state index in [1.807, 2.05) is 10.6 Å². The van der Waals surface area contributed by atoms with E-state index in [2.05, 4.69) is 6.58 Å². The topological polar surface area (TPSA) is 137 Å². The van der Waals surface area contributed by atoms with Gasteiger partial charge in [0, 0.05) is 17.7 Å². The number of hydrogen-bond donors (Lipinski definition) is 2. The first-order valence-corrected chi connectivity index (χ1v) is 9.97. The number of imide groups is 2. The Hall–Kier alpha value is -4.47. The molecule has 1 fully saturated rings. The molecule has 0 unspecified atom stereocenters. The zero-order valence-electron chi connectivity index (χ0n) is 17.8. The number of carbonyl (C=O) groups excluding carboxylic acids is 3. The highest BCUT2D eigenvalue weighted by atomic mass is 16.6. The third-order valence-corrected chi connectivity index (χ3v) is 4.60. The van der Waals surface area contributed by atoms with Gasteiger partial charge < -0.3 is 9.47 Å². The van der Waals surface area contributed by atoms with Crippen LogP contribution in [0.1, 0.15) is 23.6 Å². The second kappa shape index (κ2) is 10.2. The molecule has 0 radical (unpaired) electrons. The van der Waals surface area contributed by atoms with Crippen molar-refractivity contribution in [3.63, 3.8) is 0 Å². The highest BCUT2D eigenvalue weighted by Gasteiger charge is 2.28. The van der Waals surface area contributed by atoms with E-state index in [1.54, 1.807) is 37.3 Å². The van der Waals surface area contributed by atoms with Crippen LogP contribution in [0.25, 0.3) is 6.08 Å². The van der Waals surface area contributed by atoms with E-state index in [4.69, 9.17) is 9.47 Å². The molecule has 1 saturated heterocycles. The maximum absolute atomic E-state index is 12.1. The molecule has 0 saturated carbocycles. The van der Waals surface area contributed by atoms with Crippen molar-refractivity contribution >= 4 is 29.6 Å². The second-order valence-corrected chi connectivity index (χ2v) is 6.94. The normalized spacial score (nSPS) is 13.1. The van der Waals surface area contributed by atoms with Gasteiger partial charge in [0.2, 0.25) is 0 Å². The number of carbonyl (C=O) groups is 3. The van der Waals surface area contributed by atoms with Gasteiger partial charge >= 0.3 is 6.03 Å². The molecule has 10 nitrogen and oxygen atoms in total.